The molecule has 142 valence electrons. The van der Waals surface area contributed by atoms with Crippen LogP contribution in [0, 0.1) is 15.9 Å². The van der Waals surface area contributed by atoms with E-state index in [2.05, 4.69) is 5.32 Å². The molecule has 0 spiro atoms. The number of benzene rings is 2. The van der Waals surface area contributed by atoms with Gasteiger partial charge in [0.1, 0.15) is 23.7 Å². The van der Waals surface area contributed by atoms with Crippen molar-refractivity contribution < 1.29 is 18.9 Å². The molecule has 8 nitrogen and oxygen atoms in total. The monoisotopic (exact) mass is 383 g/mol. The van der Waals surface area contributed by atoms with Crippen molar-refractivity contribution >= 4 is 17.3 Å². The second-order valence-electron chi connectivity index (χ2n) is 5.68. The second kappa shape index (κ2) is 8.12. The lowest BCUT2D eigenvalue weighted by atomic mass is 10.2. The van der Waals surface area contributed by atoms with Crippen molar-refractivity contribution in [2.45, 2.75) is 6.61 Å². The molecule has 3 rings (SSSR count). The number of aromatic nitrogens is 1. The van der Waals surface area contributed by atoms with E-state index in [1.807, 2.05) is 30.3 Å². The molecule has 1 amide bonds. The van der Waals surface area contributed by atoms with E-state index < -0.39 is 27.9 Å². The Balaban J connectivity index is 1.81. The first kappa shape index (κ1) is 18.8. The van der Waals surface area contributed by atoms with Crippen LogP contribution in [0.1, 0.15) is 15.9 Å². The van der Waals surface area contributed by atoms with Gasteiger partial charge in [0.05, 0.1) is 11.0 Å². The Labute approximate surface area is 157 Å². The first-order valence-corrected chi connectivity index (χ1v) is 8.10. The smallest absolute Gasteiger partial charge is 0.295 e. The molecule has 1 N–H and O–H groups in total. The number of pyridine rings is 1. The maximum atomic E-state index is 13.2. The molecular formula is C19H14FN3O5. The van der Waals surface area contributed by atoms with Gasteiger partial charge in [-0.15, -0.1) is 0 Å². The highest BCUT2D eigenvalue weighted by Gasteiger charge is 2.20. The van der Waals surface area contributed by atoms with Gasteiger partial charge in [-0.05, 0) is 29.8 Å². The van der Waals surface area contributed by atoms with E-state index in [-0.39, 0.29) is 17.9 Å². The zero-order chi connectivity index (χ0) is 20.1. The molecule has 28 heavy (non-hydrogen) atoms. The summed E-state index contributed by atoms with van der Waals surface area (Å²) >= 11 is 0. The van der Waals surface area contributed by atoms with Gasteiger partial charge in [0.25, 0.3) is 17.2 Å². The fourth-order valence-corrected chi connectivity index (χ4v) is 2.42. The number of amides is 1. The first-order chi connectivity index (χ1) is 13.5. The SMILES string of the molecule is O=C(Nc1ccc(F)cc1[N+](=O)[O-])c1cccn(OCc2ccccc2)c1=O. The number of nitro groups is 1. The number of hydrogen-bond donors (Lipinski definition) is 1. The van der Waals surface area contributed by atoms with E-state index >= 15 is 0 Å². The Morgan fingerprint density at radius 2 is 1.89 bits per heavy atom. The van der Waals surface area contributed by atoms with Crippen molar-refractivity contribution in [3.05, 3.63) is 104 Å². The topological polar surface area (TPSA) is 103 Å². The fourth-order valence-electron chi connectivity index (χ4n) is 2.42. The molecule has 9 heteroatoms. The highest BCUT2D eigenvalue weighted by Crippen LogP contribution is 2.25. The van der Waals surface area contributed by atoms with Gasteiger partial charge < -0.3 is 10.2 Å². The van der Waals surface area contributed by atoms with Crippen LogP contribution in [0.15, 0.2) is 71.7 Å². The van der Waals surface area contributed by atoms with E-state index in [0.29, 0.717) is 6.07 Å². The van der Waals surface area contributed by atoms with Crippen LogP contribution in [0.5, 0.6) is 0 Å². The van der Waals surface area contributed by atoms with E-state index in [0.717, 1.165) is 22.4 Å². The predicted octanol–water partition coefficient (Wildman–Crippen LogP) is 2.78. The van der Waals surface area contributed by atoms with Gasteiger partial charge in [0, 0.05) is 6.20 Å². The van der Waals surface area contributed by atoms with Gasteiger partial charge in [0.15, 0.2) is 0 Å². The normalized spacial score (nSPS) is 10.3. The summed E-state index contributed by atoms with van der Waals surface area (Å²) in [6, 6.07) is 14.5. The van der Waals surface area contributed by atoms with Crippen LogP contribution in [0.25, 0.3) is 0 Å². The van der Waals surface area contributed by atoms with Crippen LogP contribution in [0.4, 0.5) is 15.8 Å². The van der Waals surface area contributed by atoms with Gasteiger partial charge in [-0.25, -0.2) is 4.39 Å². The minimum atomic E-state index is -0.877. The minimum absolute atomic E-state index is 0.106. The first-order valence-electron chi connectivity index (χ1n) is 8.10. The maximum absolute atomic E-state index is 13.2. The lowest BCUT2D eigenvalue weighted by Gasteiger charge is -2.10. The molecule has 0 radical (unpaired) electrons. The minimum Gasteiger partial charge on any atom is -0.406 e. The van der Waals surface area contributed by atoms with Gasteiger partial charge in [0.2, 0.25) is 0 Å². The Morgan fingerprint density at radius 3 is 2.61 bits per heavy atom. The Hall–Kier alpha value is -4.01. The highest BCUT2D eigenvalue weighted by molar-refractivity contribution is 6.05. The maximum Gasteiger partial charge on any atom is 0.295 e. The summed E-state index contributed by atoms with van der Waals surface area (Å²) in [4.78, 5) is 40.5. The summed E-state index contributed by atoms with van der Waals surface area (Å²) < 4.78 is 14.1. The van der Waals surface area contributed by atoms with Gasteiger partial charge >= 0.3 is 0 Å². The quantitative estimate of drug-likeness (QED) is 0.521. The van der Waals surface area contributed by atoms with Crippen molar-refractivity contribution in [2.75, 3.05) is 5.32 Å². The van der Waals surface area contributed by atoms with Gasteiger partial charge in [-0.3, -0.25) is 19.7 Å². The summed E-state index contributed by atoms with van der Waals surface area (Å²) in [5.41, 5.74) is -1.04. The number of nitro benzene ring substituents is 1. The van der Waals surface area contributed by atoms with Crippen molar-refractivity contribution in [2.24, 2.45) is 0 Å². The van der Waals surface area contributed by atoms with Crippen molar-refractivity contribution in [3.8, 4) is 0 Å². The van der Waals surface area contributed by atoms with Crippen LogP contribution >= 0.6 is 0 Å². The largest absolute Gasteiger partial charge is 0.406 e. The molecule has 0 aliphatic carbocycles. The Bertz CT molecular complexity index is 1080. The molecular weight excluding hydrogens is 369 g/mol. The Kier molecular flexibility index (Phi) is 5.45. The number of nitrogens with zero attached hydrogens (tertiary/aromatic N) is 2. The third-order valence-corrected chi connectivity index (χ3v) is 3.78. The van der Waals surface area contributed by atoms with Crippen LogP contribution in [0.2, 0.25) is 0 Å². The lowest BCUT2D eigenvalue weighted by Crippen LogP contribution is -2.32. The average Bonchev–Trinajstić information content (AvgIpc) is 2.69. The van der Waals surface area contributed by atoms with Crippen LogP contribution in [-0.2, 0) is 6.61 Å². The standard InChI is InChI=1S/C19H14FN3O5/c20-14-8-9-16(17(11-14)23(26)27)21-18(24)15-7-4-10-22(19(15)25)28-12-13-5-2-1-3-6-13/h1-11H,12H2,(H,21,24). The fraction of sp³-hybridized carbons (Fsp3) is 0.0526. The predicted molar refractivity (Wildman–Crippen MR) is 98.4 cm³/mol. The zero-order valence-electron chi connectivity index (χ0n) is 14.4. The van der Waals surface area contributed by atoms with Crippen LogP contribution < -0.4 is 15.7 Å². The molecule has 0 atom stereocenters. The van der Waals surface area contributed by atoms with Gasteiger partial charge in [-0.2, -0.15) is 4.73 Å². The third-order valence-electron chi connectivity index (χ3n) is 3.78. The number of nitrogens with one attached hydrogen (secondary N) is 1. The zero-order valence-corrected chi connectivity index (χ0v) is 14.4. The van der Waals surface area contributed by atoms with E-state index in [9.17, 15) is 24.1 Å². The number of carbonyl (C=O) groups is 1. The molecule has 0 saturated carbocycles. The Morgan fingerprint density at radius 1 is 1.14 bits per heavy atom. The lowest BCUT2D eigenvalue weighted by molar-refractivity contribution is -0.384. The average molecular weight is 383 g/mol. The van der Waals surface area contributed by atoms with Crippen molar-refractivity contribution in [3.63, 3.8) is 0 Å². The molecule has 2 aromatic carbocycles. The summed E-state index contributed by atoms with van der Waals surface area (Å²) in [6.07, 6.45) is 1.35. The molecule has 0 fully saturated rings. The van der Waals surface area contributed by atoms with Crippen LogP contribution in [0.3, 0.4) is 0 Å². The highest BCUT2D eigenvalue weighted by atomic mass is 19.1. The second-order valence-corrected chi connectivity index (χ2v) is 5.68. The number of anilines is 1. The molecule has 0 aliphatic rings. The summed E-state index contributed by atoms with van der Waals surface area (Å²) in [5, 5.41) is 13.3. The van der Waals surface area contributed by atoms with Crippen LogP contribution in [-0.4, -0.2) is 15.6 Å². The molecule has 0 bridgehead atoms. The molecule has 0 saturated heterocycles. The van der Waals surface area contributed by atoms with E-state index in [1.165, 1.54) is 18.3 Å². The number of halogens is 1. The summed E-state index contributed by atoms with van der Waals surface area (Å²) in [5.74, 6) is -1.70. The van der Waals surface area contributed by atoms with Crippen molar-refractivity contribution in [1.82, 2.24) is 4.73 Å². The molecule has 1 heterocycles. The number of hydrogen-bond acceptors (Lipinski definition) is 5. The molecule has 1 aromatic heterocycles. The number of rotatable bonds is 6. The molecule has 0 unspecified atom stereocenters. The summed E-state index contributed by atoms with van der Waals surface area (Å²) in [7, 11) is 0. The van der Waals surface area contributed by atoms with Crippen molar-refractivity contribution in [1.29, 1.82) is 0 Å². The van der Waals surface area contributed by atoms with E-state index in [1.54, 1.807) is 0 Å². The van der Waals surface area contributed by atoms with Gasteiger partial charge in [-0.1, -0.05) is 30.3 Å². The van der Waals surface area contributed by atoms with E-state index in [4.69, 9.17) is 4.84 Å². The molecule has 3 aromatic rings. The third kappa shape index (κ3) is 4.21. The summed E-state index contributed by atoms with van der Waals surface area (Å²) in [6.45, 7) is 0.106. The number of carbonyl (C=O) groups excluding carboxylic acids is 1. The molecule has 0 aliphatic heterocycles.